The normalized spacial score (nSPS) is 11.0. The van der Waals surface area contributed by atoms with E-state index in [4.69, 9.17) is 4.74 Å². The topological polar surface area (TPSA) is 91.4 Å². The largest absolute Gasteiger partial charge is 0.459 e. The van der Waals surface area contributed by atoms with Crippen LogP contribution in [-0.2, 0) is 16.1 Å². The molecule has 0 aliphatic heterocycles. The molecule has 0 N–H and O–H groups in total. The SMILES string of the molecule is Cc1ccc2nc(COC(=O)CSc3nnc(-c4ccccc4)n3-c3ccccc3)cc(=O)n2c1. The maximum absolute atomic E-state index is 12.5. The number of hydrogen-bond donors (Lipinski definition) is 0. The minimum atomic E-state index is -0.440. The zero-order chi connectivity index (χ0) is 24.2. The van der Waals surface area contributed by atoms with Crippen molar-refractivity contribution in [1.29, 1.82) is 0 Å². The molecular weight excluding hydrogens is 462 g/mol. The highest BCUT2D eigenvalue weighted by atomic mass is 32.2. The minimum Gasteiger partial charge on any atom is -0.459 e. The van der Waals surface area contributed by atoms with Crippen molar-refractivity contribution in [3.63, 3.8) is 0 Å². The molecule has 0 spiro atoms. The van der Waals surface area contributed by atoms with E-state index < -0.39 is 5.97 Å². The van der Waals surface area contributed by atoms with E-state index in [1.165, 1.54) is 22.2 Å². The summed E-state index contributed by atoms with van der Waals surface area (Å²) in [5.41, 5.74) is 3.45. The number of hydrogen-bond acceptors (Lipinski definition) is 7. The van der Waals surface area contributed by atoms with E-state index in [0.29, 0.717) is 22.3 Å². The lowest BCUT2D eigenvalue weighted by Gasteiger charge is -2.10. The van der Waals surface area contributed by atoms with Gasteiger partial charge in [-0.15, -0.1) is 10.2 Å². The quantitative estimate of drug-likeness (QED) is 0.254. The van der Waals surface area contributed by atoms with Gasteiger partial charge in [-0.2, -0.15) is 0 Å². The van der Waals surface area contributed by atoms with Crippen molar-refractivity contribution < 1.29 is 9.53 Å². The fourth-order valence-electron chi connectivity index (χ4n) is 3.60. The van der Waals surface area contributed by atoms with Gasteiger partial charge in [0.2, 0.25) is 0 Å². The van der Waals surface area contributed by atoms with Gasteiger partial charge in [0, 0.05) is 23.5 Å². The molecule has 0 aliphatic carbocycles. The zero-order valence-corrected chi connectivity index (χ0v) is 19.7. The molecule has 0 bridgehead atoms. The van der Waals surface area contributed by atoms with Crippen molar-refractivity contribution in [2.45, 2.75) is 18.7 Å². The zero-order valence-electron chi connectivity index (χ0n) is 18.9. The van der Waals surface area contributed by atoms with Crippen molar-refractivity contribution in [1.82, 2.24) is 24.1 Å². The molecule has 0 fully saturated rings. The summed E-state index contributed by atoms with van der Waals surface area (Å²) in [6, 6.07) is 24.5. The number of aryl methyl sites for hydroxylation is 1. The summed E-state index contributed by atoms with van der Waals surface area (Å²) < 4.78 is 8.77. The number of benzene rings is 2. The Labute approximate surface area is 205 Å². The molecule has 5 rings (SSSR count). The number of carbonyl (C=O) groups excluding carboxylic acids is 1. The van der Waals surface area contributed by atoms with Crippen LogP contribution in [0.4, 0.5) is 0 Å². The summed E-state index contributed by atoms with van der Waals surface area (Å²) in [6.07, 6.45) is 1.73. The maximum Gasteiger partial charge on any atom is 0.316 e. The number of ether oxygens (including phenoxy) is 1. The lowest BCUT2D eigenvalue weighted by Crippen LogP contribution is -2.17. The number of aromatic nitrogens is 5. The lowest BCUT2D eigenvalue weighted by molar-refractivity contribution is -0.141. The van der Waals surface area contributed by atoms with E-state index >= 15 is 0 Å². The Balaban J connectivity index is 1.30. The monoisotopic (exact) mass is 483 g/mol. The molecule has 0 saturated heterocycles. The average Bonchev–Trinajstić information content (AvgIpc) is 3.32. The lowest BCUT2D eigenvalue weighted by atomic mass is 10.2. The fourth-order valence-corrected chi connectivity index (χ4v) is 4.35. The number of rotatable bonds is 7. The summed E-state index contributed by atoms with van der Waals surface area (Å²) in [4.78, 5) is 29.3. The van der Waals surface area contributed by atoms with Gasteiger partial charge in [-0.3, -0.25) is 18.6 Å². The van der Waals surface area contributed by atoms with Gasteiger partial charge in [-0.05, 0) is 30.7 Å². The van der Waals surface area contributed by atoms with Crippen molar-refractivity contribution in [3.8, 4) is 17.1 Å². The van der Waals surface area contributed by atoms with Crippen molar-refractivity contribution >= 4 is 23.4 Å². The maximum atomic E-state index is 12.5. The van der Waals surface area contributed by atoms with Gasteiger partial charge in [-0.1, -0.05) is 66.4 Å². The Kier molecular flexibility index (Phi) is 6.40. The van der Waals surface area contributed by atoms with Crippen LogP contribution in [0.15, 0.2) is 95.0 Å². The first-order valence-electron chi connectivity index (χ1n) is 10.9. The highest BCUT2D eigenvalue weighted by Gasteiger charge is 2.17. The second-order valence-corrected chi connectivity index (χ2v) is 8.76. The molecule has 5 aromatic rings. The van der Waals surface area contributed by atoms with Crippen molar-refractivity contribution in [2.24, 2.45) is 0 Å². The number of pyridine rings is 1. The molecule has 0 atom stereocenters. The Hall–Kier alpha value is -4.24. The summed E-state index contributed by atoms with van der Waals surface area (Å²) >= 11 is 1.24. The first-order valence-corrected chi connectivity index (χ1v) is 11.9. The van der Waals surface area contributed by atoms with E-state index in [9.17, 15) is 9.59 Å². The van der Waals surface area contributed by atoms with Gasteiger partial charge in [0.25, 0.3) is 5.56 Å². The van der Waals surface area contributed by atoms with Crippen molar-refractivity contribution in [2.75, 3.05) is 5.75 Å². The summed E-state index contributed by atoms with van der Waals surface area (Å²) in [5, 5.41) is 9.27. The van der Waals surface area contributed by atoms with Crippen LogP contribution in [0.5, 0.6) is 0 Å². The number of thioether (sulfide) groups is 1. The molecule has 174 valence electrons. The number of esters is 1. The molecule has 0 saturated carbocycles. The molecule has 3 heterocycles. The Morgan fingerprint density at radius 2 is 1.71 bits per heavy atom. The Morgan fingerprint density at radius 3 is 2.49 bits per heavy atom. The van der Waals surface area contributed by atoms with E-state index in [-0.39, 0.29) is 17.9 Å². The number of fused-ring (bicyclic) bond motifs is 1. The molecule has 2 aromatic carbocycles. The molecule has 35 heavy (non-hydrogen) atoms. The molecule has 0 unspecified atom stereocenters. The van der Waals surface area contributed by atoms with Crippen LogP contribution >= 0.6 is 11.8 Å². The smallest absolute Gasteiger partial charge is 0.316 e. The molecule has 0 aliphatic rings. The number of carbonyl (C=O) groups is 1. The van der Waals surface area contributed by atoms with E-state index in [0.717, 1.165) is 16.8 Å². The molecule has 8 nitrogen and oxygen atoms in total. The highest BCUT2D eigenvalue weighted by Crippen LogP contribution is 2.27. The standard InChI is InChI=1S/C26H21N5O3S/c1-18-12-13-22-27-20(14-23(32)30(22)15-18)16-34-24(33)17-35-26-29-28-25(19-8-4-2-5-9-19)31(26)21-10-6-3-7-11-21/h2-15H,16-17H2,1H3. The highest BCUT2D eigenvalue weighted by molar-refractivity contribution is 7.99. The third-order valence-electron chi connectivity index (χ3n) is 5.24. The van der Waals surface area contributed by atoms with Crippen LogP contribution in [0.3, 0.4) is 0 Å². The molecule has 9 heteroatoms. The summed E-state index contributed by atoms with van der Waals surface area (Å²) in [6.45, 7) is 1.82. The van der Waals surface area contributed by atoms with Gasteiger partial charge in [0.1, 0.15) is 12.3 Å². The van der Waals surface area contributed by atoms with Gasteiger partial charge < -0.3 is 4.74 Å². The molecule has 3 aromatic heterocycles. The van der Waals surface area contributed by atoms with Crippen LogP contribution < -0.4 is 5.56 Å². The number of para-hydroxylation sites is 1. The first-order chi connectivity index (χ1) is 17.1. The van der Waals surface area contributed by atoms with Crippen LogP contribution in [0.25, 0.3) is 22.7 Å². The average molecular weight is 484 g/mol. The van der Waals surface area contributed by atoms with Gasteiger partial charge in [0.15, 0.2) is 11.0 Å². The van der Waals surface area contributed by atoms with E-state index in [1.807, 2.05) is 78.2 Å². The second kappa shape index (κ2) is 9.94. The third-order valence-corrected chi connectivity index (χ3v) is 6.14. The van der Waals surface area contributed by atoms with Crippen molar-refractivity contribution in [3.05, 3.63) is 107 Å². The predicted molar refractivity (Wildman–Crippen MR) is 134 cm³/mol. The molecule has 0 amide bonds. The van der Waals surface area contributed by atoms with Crippen LogP contribution in [0.1, 0.15) is 11.3 Å². The molecule has 0 radical (unpaired) electrons. The Bertz CT molecular complexity index is 1550. The van der Waals surface area contributed by atoms with E-state index in [2.05, 4.69) is 15.2 Å². The molecular formula is C26H21N5O3S. The number of nitrogens with zero attached hydrogens (tertiary/aromatic N) is 5. The minimum absolute atomic E-state index is 0.0332. The predicted octanol–water partition coefficient (Wildman–Crippen LogP) is 4.09. The van der Waals surface area contributed by atoms with Crippen LogP contribution in [0, 0.1) is 6.92 Å². The Morgan fingerprint density at radius 1 is 0.971 bits per heavy atom. The summed E-state index contributed by atoms with van der Waals surface area (Å²) in [5.74, 6) is 0.277. The third kappa shape index (κ3) is 4.99. The van der Waals surface area contributed by atoms with Crippen LogP contribution in [-0.4, -0.2) is 35.9 Å². The van der Waals surface area contributed by atoms with Crippen LogP contribution in [0.2, 0.25) is 0 Å². The van der Waals surface area contributed by atoms with Gasteiger partial charge in [-0.25, -0.2) is 4.98 Å². The van der Waals surface area contributed by atoms with E-state index in [1.54, 1.807) is 12.3 Å². The fraction of sp³-hybridized carbons (Fsp3) is 0.115. The summed E-state index contributed by atoms with van der Waals surface area (Å²) in [7, 11) is 0. The van der Waals surface area contributed by atoms with Gasteiger partial charge >= 0.3 is 5.97 Å². The van der Waals surface area contributed by atoms with Gasteiger partial charge in [0.05, 0.1) is 11.4 Å². The first kappa shape index (κ1) is 22.5. The second-order valence-electron chi connectivity index (χ2n) is 7.81.